The number of hydrogen-bond acceptors (Lipinski definition) is 3. The summed E-state index contributed by atoms with van der Waals surface area (Å²) in [7, 11) is 0. The maximum Gasteiger partial charge on any atom is 0.387 e. The summed E-state index contributed by atoms with van der Waals surface area (Å²) in [4.78, 5) is 12.2. The number of alkyl halides is 2. The van der Waals surface area contributed by atoms with Crippen molar-refractivity contribution >= 4 is 11.6 Å². The maximum atomic E-state index is 12.2. The number of rotatable bonds is 6. The van der Waals surface area contributed by atoms with Gasteiger partial charge < -0.3 is 14.8 Å². The number of amides is 1. The second kappa shape index (κ2) is 7.58. The van der Waals surface area contributed by atoms with Gasteiger partial charge in [-0.2, -0.15) is 8.78 Å². The molecule has 1 amide bonds. The fourth-order valence-electron chi connectivity index (χ4n) is 2.06. The minimum atomic E-state index is -2.91. The maximum absolute atomic E-state index is 12.2. The van der Waals surface area contributed by atoms with Gasteiger partial charge in [-0.3, -0.25) is 4.79 Å². The fraction of sp³-hybridized carbons (Fsp3) is 0.235. The van der Waals surface area contributed by atoms with Crippen molar-refractivity contribution in [2.75, 3.05) is 11.9 Å². The summed E-state index contributed by atoms with van der Waals surface area (Å²) >= 11 is 0. The van der Waals surface area contributed by atoms with E-state index in [1.54, 1.807) is 24.3 Å². The average Bonchev–Trinajstić information content (AvgIpc) is 2.49. The summed E-state index contributed by atoms with van der Waals surface area (Å²) < 4.78 is 34.1. The molecule has 0 radical (unpaired) electrons. The average molecular weight is 321 g/mol. The highest BCUT2D eigenvalue weighted by atomic mass is 19.3. The molecule has 0 aliphatic heterocycles. The number of hydrogen-bond donors (Lipinski definition) is 1. The van der Waals surface area contributed by atoms with E-state index in [9.17, 15) is 13.6 Å². The van der Waals surface area contributed by atoms with Crippen molar-refractivity contribution in [3.8, 4) is 11.5 Å². The zero-order valence-corrected chi connectivity index (χ0v) is 12.8. The van der Waals surface area contributed by atoms with E-state index in [0.29, 0.717) is 17.9 Å². The van der Waals surface area contributed by atoms with Gasteiger partial charge >= 0.3 is 6.61 Å². The summed E-state index contributed by atoms with van der Waals surface area (Å²) in [5, 5.41) is 2.65. The van der Waals surface area contributed by atoms with Crippen LogP contribution in [-0.4, -0.2) is 19.1 Å². The van der Waals surface area contributed by atoms with Crippen molar-refractivity contribution in [3.05, 3.63) is 53.6 Å². The molecule has 0 bridgehead atoms. The molecule has 4 nitrogen and oxygen atoms in total. The van der Waals surface area contributed by atoms with E-state index >= 15 is 0 Å². The first-order chi connectivity index (χ1) is 11.0. The molecular formula is C17H17F2NO3. The van der Waals surface area contributed by atoms with Gasteiger partial charge in [-0.25, -0.2) is 0 Å². The number of anilines is 1. The van der Waals surface area contributed by atoms with Gasteiger partial charge in [0.05, 0.1) is 6.61 Å². The van der Waals surface area contributed by atoms with Crippen molar-refractivity contribution in [2.45, 2.75) is 20.5 Å². The van der Waals surface area contributed by atoms with Gasteiger partial charge in [-0.15, -0.1) is 0 Å². The number of benzene rings is 2. The van der Waals surface area contributed by atoms with Crippen molar-refractivity contribution in [1.29, 1.82) is 0 Å². The van der Waals surface area contributed by atoms with Crippen LogP contribution in [0.1, 0.15) is 22.8 Å². The van der Waals surface area contributed by atoms with E-state index in [1.165, 1.54) is 18.2 Å². The molecule has 2 aromatic rings. The molecule has 0 atom stereocenters. The summed E-state index contributed by atoms with van der Waals surface area (Å²) in [6, 6.07) is 10.9. The molecule has 6 heteroatoms. The van der Waals surface area contributed by atoms with Crippen molar-refractivity contribution < 1.29 is 23.0 Å². The highest BCUT2D eigenvalue weighted by Crippen LogP contribution is 2.22. The van der Waals surface area contributed by atoms with Crippen molar-refractivity contribution in [1.82, 2.24) is 0 Å². The topological polar surface area (TPSA) is 47.6 Å². The smallest absolute Gasteiger partial charge is 0.387 e. The molecule has 0 spiro atoms. The van der Waals surface area contributed by atoms with Crippen LogP contribution in [0.25, 0.3) is 0 Å². The molecule has 23 heavy (non-hydrogen) atoms. The summed E-state index contributed by atoms with van der Waals surface area (Å²) in [5.74, 6) is 0.363. The Morgan fingerprint density at radius 2 is 2.00 bits per heavy atom. The quantitative estimate of drug-likeness (QED) is 0.865. The van der Waals surface area contributed by atoms with E-state index in [4.69, 9.17) is 4.74 Å². The largest absolute Gasteiger partial charge is 0.494 e. The molecule has 2 aromatic carbocycles. The normalized spacial score (nSPS) is 10.5. The van der Waals surface area contributed by atoms with Gasteiger partial charge in [0.1, 0.15) is 11.5 Å². The summed E-state index contributed by atoms with van der Waals surface area (Å²) in [6.07, 6.45) is 0. The van der Waals surface area contributed by atoms with Crippen molar-refractivity contribution in [3.63, 3.8) is 0 Å². The van der Waals surface area contributed by atoms with Gasteiger partial charge in [0.2, 0.25) is 0 Å². The first-order valence-electron chi connectivity index (χ1n) is 7.09. The zero-order chi connectivity index (χ0) is 16.8. The summed E-state index contributed by atoms with van der Waals surface area (Å²) in [5.41, 5.74) is 1.67. The molecular weight excluding hydrogens is 304 g/mol. The molecule has 0 unspecified atom stereocenters. The van der Waals surface area contributed by atoms with E-state index in [0.717, 1.165) is 11.3 Å². The molecule has 0 aromatic heterocycles. The van der Waals surface area contributed by atoms with E-state index < -0.39 is 6.61 Å². The molecule has 0 saturated heterocycles. The first-order valence-corrected chi connectivity index (χ1v) is 7.09. The lowest BCUT2D eigenvalue weighted by atomic mass is 10.1. The van der Waals surface area contributed by atoms with Crippen LogP contribution >= 0.6 is 0 Å². The van der Waals surface area contributed by atoms with Crippen LogP contribution < -0.4 is 14.8 Å². The number of aryl methyl sites for hydroxylation is 1. The predicted molar refractivity (Wildman–Crippen MR) is 83.4 cm³/mol. The standard InChI is InChI=1S/C17H17F2NO3/c1-3-22-15-8-7-12(9-11(15)2)16(21)20-13-5-4-6-14(10-13)23-17(18)19/h4-10,17H,3H2,1-2H3,(H,20,21). The Morgan fingerprint density at radius 3 is 2.65 bits per heavy atom. The minimum absolute atomic E-state index is 0.0133. The second-order valence-electron chi connectivity index (χ2n) is 4.77. The molecule has 0 aliphatic rings. The van der Waals surface area contributed by atoms with Crippen LogP contribution in [0, 0.1) is 6.92 Å². The van der Waals surface area contributed by atoms with Gasteiger partial charge in [0.25, 0.3) is 5.91 Å². The monoisotopic (exact) mass is 321 g/mol. The third-order valence-corrected chi connectivity index (χ3v) is 3.05. The van der Waals surface area contributed by atoms with E-state index in [2.05, 4.69) is 10.1 Å². The Labute approximate surface area is 133 Å². The molecule has 2 rings (SSSR count). The molecule has 0 saturated carbocycles. The molecule has 122 valence electrons. The van der Waals surface area contributed by atoms with Crippen LogP contribution in [0.3, 0.4) is 0 Å². The van der Waals surface area contributed by atoms with Crippen LogP contribution in [0.2, 0.25) is 0 Å². The third kappa shape index (κ3) is 4.67. The minimum Gasteiger partial charge on any atom is -0.494 e. The van der Waals surface area contributed by atoms with Crippen LogP contribution in [0.5, 0.6) is 11.5 Å². The summed E-state index contributed by atoms with van der Waals surface area (Å²) in [6.45, 7) is 1.37. The van der Waals surface area contributed by atoms with Crippen LogP contribution in [0.15, 0.2) is 42.5 Å². The van der Waals surface area contributed by atoms with Gasteiger partial charge in [0, 0.05) is 17.3 Å². The lowest BCUT2D eigenvalue weighted by Crippen LogP contribution is -2.12. The van der Waals surface area contributed by atoms with Gasteiger partial charge in [-0.1, -0.05) is 6.07 Å². The van der Waals surface area contributed by atoms with E-state index in [1.807, 2.05) is 13.8 Å². The number of carbonyl (C=O) groups is 1. The number of halogens is 2. The Balaban J connectivity index is 2.11. The van der Waals surface area contributed by atoms with Crippen LogP contribution in [-0.2, 0) is 0 Å². The Bertz CT molecular complexity index is 689. The zero-order valence-electron chi connectivity index (χ0n) is 12.8. The molecule has 1 N–H and O–H groups in total. The highest BCUT2D eigenvalue weighted by Gasteiger charge is 2.10. The van der Waals surface area contributed by atoms with Crippen LogP contribution in [0.4, 0.5) is 14.5 Å². The van der Waals surface area contributed by atoms with Gasteiger partial charge in [0.15, 0.2) is 0 Å². The predicted octanol–water partition coefficient (Wildman–Crippen LogP) is 4.25. The highest BCUT2D eigenvalue weighted by molar-refractivity contribution is 6.04. The molecule has 0 fully saturated rings. The van der Waals surface area contributed by atoms with E-state index in [-0.39, 0.29) is 11.7 Å². The number of ether oxygens (including phenoxy) is 2. The lowest BCUT2D eigenvalue weighted by Gasteiger charge is -2.10. The number of carbonyl (C=O) groups excluding carboxylic acids is 1. The number of nitrogens with one attached hydrogen (secondary N) is 1. The first kappa shape index (κ1) is 16.7. The van der Waals surface area contributed by atoms with Gasteiger partial charge in [-0.05, 0) is 49.7 Å². The Hall–Kier alpha value is -2.63. The molecule has 0 heterocycles. The fourth-order valence-corrected chi connectivity index (χ4v) is 2.06. The van der Waals surface area contributed by atoms with Crippen molar-refractivity contribution in [2.24, 2.45) is 0 Å². The lowest BCUT2D eigenvalue weighted by molar-refractivity contribution is -0.0497. The second-order valence-corrected chi connectivity index (χ2v) is 4.77. The molecule has 0 aliphatic carbocycles. The Kier molecular flexibility index (Phi) is 5.51. The third-order valence-electron chi connectivity index (χ3n) is 3.05. The Morgan fingerprint density at radius 1 is 1.22 bits per heavy atom. The SMILES string of the molecule is CCOc1ccc(C(=O)Nc2cccc(OC(F)F)c2)cc1C.